The van der Waals surface area contributed by atoms with Gasteiger partial charge in [-0.15, -0.1) is 0 Å². The van der Waals surface area contributed by atoms with Crippen molar-refractivity contribution in [2.45, 2.75) is 18.7 Å². The molecule has 0 atom stereocenters. The van der Waals surface area contributed by atoms with E-state index in [1.54, 1.807) is 38.1 Å². The maximum atomic E-state index is 14.3. The van der Waals surface area contributed by atoms with E-state index in [0.717, 1.165) is 18.2 Å². The summed E-state index contributed by atoms with van der Waals surface area (Å²) in [6.07, 6.45) is 0. The lowest BCUT2D eigenvalue weighted by Gasteiger charge is -2.19. The molecule has 0 aliphatic heterocycles. The van der Waals surface area contributed by atoms with Crippen molar-refractivity contribution in [2.24, 2.45) is 0 Å². The summed E-state index contributed by atoms with van der Waals surface area (Å²) >= 11 is 0. The summed E-state index contributed by atoms with van der Waals surface area (Å²) < 4.78 is 41.0. The second kappa shape index (κ2) is 9.19. The number of H-pyrrole nitrogens is 1. The molecule has 1 heterocycles. The first-order valence-corrected chi connectivity index (χ1v) is 11.0. The Morgan fingerprint density at radius 1 is 1.10 bits per heavy atom. The number of halogens is 1. The highest BCUT2D eigenvalue weighted by Crippen LogP contribution is 2.23. The Bertz CT molecular complexity index is 1250. The Morgan fingerprint density at radius 2 is 1.84 bits per heavy atom. The molecule has 1 amide bonds. The number of nitrogens with one attached hydrogen (secondary N) is 2. The molecule has 0 saturated heterocycles. The summed E-state index contributed by atoms with van der Waals surface area (Å²) in [7, 11) is -3.84. The van der Waals surface area contributed by atoms with Crippen molar-refractivity contribution < 1.29 is 17.6 Å². The maximum absolute atomic E-state index is 14.3. The predicted molar refractivity (Wildman–Crippen MR) is 115 cm³/mol. The summed E-state index contributed by atoms with van der Waals surface area (Å²) in [4.78, 5) is 23.7. The fourth-order valence-corrected chi connectivity index (χ4v) is 4.50. The van der Waals surface area contributed by atoms with Crippen LogP contribution < -0.4 is 10.9 Å². The molecule has 0 fully saturated rings. The van der Waals surface area contributed by atoms with E-state index in [4.69, 9.17) is 0 Å². The fourth-order valence-electron chi connectivity index (χ4n) is 3.01. The number of aromatic nitrogens is 2. The van der Waals surface area contributed by atoms with E-state index in [-0.39, 0.29) is 29.1 Å². The Hall–Kier alpha value is -3.37. The molecule has 2 N–H and O–H groups in total. The van der Waals surface area contributed by atoms with E-state index in [9.17, 15) is 22.4 Å². The number of anilines is 1. The van der Waals surface area contributed by atoms with Crippen LogP contribution in [0.4, 0.5) is 10.1 Å². The molecule has 8 nitrogen and oxygen atoms in total. The first-order chi connectivity index (χ1) is 14.8. The monoisotopic (exact) mass is 444 g/mol. The Labute approximate surface area is 178 Å². The molecule has 0 radical (unpaired) electrons. The molecule has 162 valence electrons. The van der Waals surface area contributed by atoms with Crippen LogP contribution in [0.25, 0.3) is 11.3 Å². The number of nitrogens with zero attached hydrogens (tertiary/aromatic N) is 2. The van der Waals surface area contributed by atoms with Gasteiger partial charge in [-0.3, -0.25) is 9.59 Å². The van der Waals surface area contributed by atoms with E-state index in [0.29, 0.717) is 16.9 Å². The molecule has 3 rings (SSSR count). The molecule has 0 unspecified atom stereocenters. The molecule has 3 aromatic rings. The third-order valence-corrected chi connectivity index (χ3v) is 6.67. The standard InChI is InChI=1S/C21H21FN4O4S/c1-3-26(4-2)31(29,30)16-8-9-18(22)17(13-16)21(28)23-15-7-5-6-14(12-15)19-10-11-20(27)25-24-19/h5-13H,3-4H2,1-2H3,(H,23,28)(H,25,27). The van der Waals surface area contributed by atoms with Crippen LogP contribution in [0.2, 0.25) is 0 Å². The third-order valence-electron chi connectivity index (χ3n) is 4.62. The van der Waals surface area contributed by atoms with Crippen LogP contribution in [0.5, 0.6) is 0 Å². The lowest BCUT2D eigenvalue weighted by Crippen LogP contribution is -2.31. The van der Waals surface area contributed by atoms with Gasteiger partial charge in [0.25, 0.3) is 11.5 Å². The molecular formula is C21H21FN4O4S. The van der Waals surface area contributed by atoms with Crippen molar-refractivity contribution in [3.05, 3.63) is 76.3 Å². The first-order valence-electron chi connectivity index (χ1n) is 9.53. The van der Waals surface area contributed by atoms with E-state index in [1.807, 2.05) is 0 Å². The summed E-state index contributed by atoms with van der Waals surface area (Å²) in [5, 5.41) is 8.83. The number of rotatable bonds is 7. The van der Waals surface area contributed by atoms with Crippen molar-refractivity contribution in [1.29, 1.82) is 0 Å². The number of amides is 1. The van der Waals surface area contributed by atoms with E-state index < -0.39 is 21.7 Å². The third kappa shape index (κ3) is 4.86. The normalized spacial score (nSPS) is 11.5. The zero-order valence-corrected chi connectivity index (χ0v) is 17.7. The van der Waals surface area contributed by atoms with Crippen LogP contribution in [0, 0.1) is 5.82 Å². The lowest BCUT2D eigenvalue weighted by molar-refractivity contribution is 0.102. The first kappa shape index (κ1) is 22.3. The molecule has 0 saturated carbocycles. The van der Waals surface area contributed by atoms with Gasteiger partial charge < -0.3 is 5.32 Å². The van der Waals surface area contributed by atoms with Gasteiger partial charge in [0.05, 0.1) is 16.2 Å². The molecule has 0 aliphatic rings. The van der Waals surface area contributed by atoms with Crippen LogP contribution in [-0.4, -0.2) is 41.9 Å². The van der Waals surface area contributed by atoms with Gasteiger partial charge in [0.2, 0.25) is 10.0 Å². The number of carbonyl (C=O) groups excluding carboxylic acids is 1. The number of hydrogen-bond acceptors (Lipinski definition) is 5. The average Bonchev–Trinajstić information content (AvgIpc) is 2.75. The minimum atomic E-state index is -3.84. The van der Waals surface area contributed by atoms with Gasteiger partial charge in [0.15, 0.2) is 0 Å². The highest BCUT2D eigenvalue weighted by Gasteiger charge is 2.24. The Kier molecular flexibility index (Phi) is 6.62. The molecule has 31 heavy (non-hydrogen) atoms. The summed E-state index contributed by atoms with van der Waals surface area (Å²) in [5.74, 6) is -1.63. The quantitative estimate of drug-likeness (QED) is 0.582. The largest absolute Gasteiger partial charge is 0.322 e. The van der Waals surface area contributed by atoms with E-state index >= 15 is 0 Å². The van der Waals surface area contributed by atoms with Gasteiger partial charge in [-0.1, -0.05) is 26.0 Å². The van der Waals surface area contributed by atoms with Crippen molar-refractivity contribution in [1.82, 2.24) is 14.5 Å². The SMILES string of the molecule is CCN(CC)S(=O)(=O)c1ccc(F)c(C(=O)Nc2cccc(-c3ccc(=O)[nH]n3)c2)c1. The number of carbonyl (C=O) groups is 1. The number of sulfonamides is 1. The van der Waals surface area contributed by atoms with Crippen LogP contribution in [0.1, 0.15) is 24.2 Å². The summed E-state index contributed by atoms with van der Waals surface area (Å²) in [5.41, 5.74) is 0.720. The molecule has 1 aromatic heterocycles. The maximum Gasteiger partial charge on any atom is 0.264 e. The van der Waals surface area contributed by atoms with Crippen LogP contribution >= 0.6 is 0 Å². The Morgan fingerprint density at radius 3 is 2.48 bits per heavy atom. The molecule has 2 aromatic carbocycles. The van der Waals surface area contributed by atoms with Gasteiger partial charge in [0.1, 0.15) is 5.82 Å². The molecular weight excluding hydrogens is 423 g/mol. The van der Waals surface area contributed by atoms with Gasteiger partial charge in [-0.2, -0.15) is 9.40 Å². The second-order valence-electron chi connectivity index (χ2n) is 6.57. The summed E-state index contributed by atoms with van der Waals surface area (Å²) in [6, 6.07) is 12.6. The Balaban J connectivity index is 1.90. The van der Waals surface area contributed by atoms with Gasteiger partial charge in [0, 0.05) is 30.4 Å². The number of hydrogen-bond donors (Lipinski definition) is 2. The lowest BCUT2D eigenvalue weighted by atomic mass is 10.1. The second-order valence-corrected chi connectivity index (χ2v) is 8.51. The highest BCUT2D eigenvalue weighted by atomic mass is 32.2. The van der Waals surface area contributed by atoms with Crippen LogP contribution in [0.3, 0.4) is 0 Å². The molecule has 0 spiro atoms. The van der Waals surface area contributed by atoms with Crippen molar-refractivity contribution in [3.8, 4) is 11.3 Å². The van der Waals surface area contributed by atoms with Gasteiger partial charge in [-0.05, 0) is 36.4 Å². The van der Waals surface area contributed by atoms with Crippen molar-refractivity contribution >= 4 is 21.6 Å². The molecule has 0 bridgehead atoms. The van der Waals surface area contributed by atoms with E-state index in [2.05, 4.69) is 15.5 Å². The summed E-state index contributed by atoms with van der Waals surface area (Å²) in [6.45, 7) is 3.90. The zero-order valence-electron chi connectivity index (χ0n) is 16.9. The smallest absolute Gasteiger partial charge is 0.264 e. The minimum absolute atomic E-state index is 0.158. The number of benzene rings is 2. The van der Waals surface area contributed by atoms with Crippen molar-refractivity contribution in [3.63, 3.8) is 0 Å². The fraction of sp³-hybridized carbons (Fsp3) is 0.190. The number of aromatic amines is 1. The minimum Gasteiger partial charge on any atom is -0.322 e. The van der Waals surface area contributed by atoms with Gasteiger partial charge >= 0.3 is 0 Å². The van der Waals surface area contributed by atoms with Crippen molar-refractivity contribution in [2.75, 3.05) is 18.4 Å². The van der Waals surface area contributed by atoms with Crippen LogP contribution in [0.15, 0.2) is 64.3 Å². The van der Waals surface area contributed by atoms with Gasteiger partial charge in [-0.25, -0.2) is 17.9 Å². The molecule has 0 aliphatic carbocycles. The zero-order chi connectivity index (χ0) is 22.6. The highest BCUT2D eigenvalue weighted by molar-refractivity contribution is 7.89. The topological polar surface area (TPSA) is 112 Å². The predicted octanol–water partition coefficient (Wildman–Crippen LogP) is 2.86. The molecule has 10 heteroatoms. The van der Waals surface area contributed by atoms with Crippen LogP contribution in [-0.2, 0) is 10.0 Å². The van der Waals surface area contributed by atoms with E-state index in [1.165, 1.54) is 16.4 Å². The average molecular weight is 444 g/mol.